The number of anilines is 1. The molecule has 2 aromatic carbocycles. The first kappa shape index (κ1) is 28.8. The van der Waals surface area contributed by atoms with E-state index >= 15 is 0 Å². The van der Waals surface area contributed by atoms with Crippen LogP contribution in [0.2, 0.25) is 0 Å². The van der Waals surface area contributed by atoms with Crippen molar-refractivity contribution < 1.29 is 23.8 Å². The summed E-state index contributed by atoms with van der Waals surface area (Å²) in [5.41, 5.74) is 2.94. The summed E-state index contributed by atoms with van der Waals surface area (Å²) >= 11 is 1.25. The third-order valence-electron chi connectivity index (χ3n) is 6.25. The number of carbonyl (C=O) groups excluding carboxylic acids is 2. The Labute approximate surface area is 236 Å². The molecule has 1 aliphatic heterocycles. The van der Waals surface area contributed by atoms with Gasteiger partial charge in [0.15, 0.2) is 16.3 Å². The standard InChI is InChI=1S/C30H33N3O6S/c1-17(2)16-38-29(36)26-18(3)31-30-33(27(26)21-10-13-23(39-19(4)34)24(15-21)37-7)28(35)25(40-30)14-20-8-11-22(12-9-20)32(5)6/h8-15,17,27H,16H2,1-7H3/b25-14+. The molecular formula is C30H33N3O6S. The largest absolute Gasteiger partial charge is 0.493 e. The molecule has 9 nitrogen and oxygen atoms in total. The van der Waals surface area contributed by atoms with Crippen molar-refractivity contribution >= 4 is 35.0 Å². The van der Waals surface area contributed by atoms with Crippen molar-refractivity contribution in [1.29, 1.82) is 0 Å². The minimum Gasteiger partial charge on any atom is -0.493 e. The second kappa shape index (κ2) is 11.9. The Morgan fingerprint density at radius 2 is 1.82 bits per heavy atom. The first-order chi connectivity index (χ1) is 19.0. The molecule has 0 saturated heterocycles. The maximum absolute atomic E-state index is 13.9. The number of thiazole rings is 1. The van der Waals surface area contributed by atoms with Gasteiger partial charge in [0, 0.05) is 26.7 Å². The number of allylic oxidation sites excluding steroid dienone is 1. The number of carbonyl (C=O) groups is 2. The molecule has 1 atom stereocenters. The summed E-state index contributed by atoms with van der Waals surface area (Å²) in [7, 11) is 5.39. The molecule has 0 aliphatic carbocycles. The van der Waals surface area contributed by atoms with Crippen LogP contribution in [-0.4, -0.2) is 44.3 Å². The van der Waals surface area contributed by atoms with Gasteiger partial charge in [0.25, 0.3) is 5.56 Å². The van der Waals surface area contributed by atoms with Gasteiger partial charge in [-0.05, 0) is 54.3 Å². The maximum Gasteiger partial charge on any atom is 0.338 e. The van der Waals surface area contributed by atoms with Crippen molar-refractivity contribution in [3.63, 3.8) is 0 Å². The summed E-state index contributed by atoms with van der Waals surface area (Å²) < 4.78 is 18.3. The van der Waals surface area contributed by atoms with Crippen molar-refractivity contribution in [3.8, 4) is 11.5 Å². The smallest absolute Gasteiger partial charge is 0.338 e. The van der Waals surface area contributed by atoms with E-state index in [4.69, 9.17) is 14.2 Å². The molecule has 0 amide bonds. The van der Waals surface area contributed by atoms with Crippen LogP contribution in [-0.2, 0) is 14.3 Å². The average Bonchev–Trinajstić information content (AvgIpc) is 3.20. The van der Waals surface area contributed by atoms with Crippen LogP contribution >= 0.6 is 11.3 Å². The van der Waals surface area contributed by atoms with E-state index in [0.29, 0.717) is 26.3 Å². The molecule has 4 rings (SSSR count). The van der Waals surface area contributed by atoms with Crippen LogP contribution in [0, 0.1) is 5.92 Å². The first-order valence-electron chi connectivity index (χ1n) is 12.8. The predicted octanol–water partition coefficient (Wildman–Crippen LogP) is 3.43. The zero-order chi connectivity index (χ0) is 29.1. The van der Waals surface area contributed by atoms with Gasteiger partial charge in [-0.15, -0.1) is 0 Å². The van der Waals surface area contributed by atoms with E-state index in [1.165, 1.54) is 29.9 Å². The lowest BCUT2D eigenvalue weighted by atomic mass is 9.95. The number of fused-ring (bicyclic) bond motifs is 1. The Balaban J connectivity index is 1.90. The molecule has 0 fully saturated rings. The topological polar surface area (TPSA) is 99.4 Å². The van der Waals surface area contributed by atoms with Crippen LogP contribution in [0.15, 0.2) is 63.5 Å². The lowest BCUT2D eigenvalue weighted by molar-refractivity contribution is -0.140. The van der Waals surface area contributed by atoms with E-state index in [9.17, 15) is 14.4 Å². The summed E-state index contributed by atoms with van der Waals surface area (Å²) in [6, 6.07) is 12.0. The molecule has 3 aromatic rings. The summed E-state index contributed by atoms with van der Waals surface area (Å²) in [5.74, 6) is -0.383. The molecule has 210 valence electrons. The number of esters is 2. The molecule has 1 aliphatic rings. The molecule has 0 bridgehead atoms. The summed E-state index contributed by atoms with van der Waals surface area (Å²) in [6.45, 7) is 7.16. The minimum atomic E-state index is -0.825. The normalized spacial score (nSPS) is 15.0. The lowest BCUT2D eigenvalue weighted by Crippen LogP contribution is -2.40. The molecule has 0 N–H and O–H groups in total. The van der Waals surface area contributed by atoms with Crippen LogP contribution < -0.4 is 29.3 Å². The van der Waals surface area contributed by atoms with Crippen molar-refractivity contribution in [1.82, 2.24) is 4.57 Å². The van der Waals surface area contributed by atoms with E-state index in [-0.39, 0.29) is 29.4 Å². The van der Waals surface area contributed by atoms with Gasteiger partial charge in [0.1, 0.15) is 0 Å². The predicted molar refractivity (Wildman–Crippen MR) is 155 cm³/mol. The Morgan fingerprint density at radius 1 is 1.12 bits per heavy atom. The molecule has 1 unspecified atom stereocenters. The number of benzene rings is 2. The Bertz CT molecular complexity index is 1650. The lowest BCUT2D eigenvalue weighted by Gasteiger charge is -2.25. The highest BCUT2D eigenvalue weighted by molar-refractivity contribution is 7.07. The zero-order valence-electron chi connectivity index (χ0n) is 23.7. The van der Waals surface area contributed by atoms with Gasteiger partial charge < -0.3 is 19.1 Å². The Morgan fingerprint density at radius 3 is 2.42 bits per heavy atom. The fourth-order valence-electron chi connectivity index (χ4n) is 4.33. The summed E-state index contributed by atoms with van der Waals surface area (Å²) in [4.78, 5) is 46.0. The van der Waals surface area contributed by atoms with Crippen LogP contribution in [0.25, 0.3) is 6.08 Å². The van der Waals surface area contributed by atoms with E-state index < -0.39 is 18.0 Å². The first-order valence-corrected chi connectivity index (χ1v) is 13.6. The molecule has 40 heavy (non-hydrogen) atoms. The fraction of sp³-hybridized carbons (Fsp3) is 0.333. The van der Waals surface area contributed by atoms with Crippen molar-refractivity contribution in [2.45, 2.75) is 33.7 Å². The Hall–Kier alpha value is -4.18. The van der Waals surface area contributed by atoms with Crippen molar-refractivity contribution in [2.24, 2.45) is 10.9 Å². The van der Waals surface area contributed by atoms with E-state index in [2.05, 4.69) is 4.99 Å². The third-order valence-corrected chi connectivity index (χ3v) is 7.24. The zero-order valence-corrected chi connectivity index (χ0v) is 24.5. The number of nitrogens with zero attached hydrogens (tertiary/aromatic N) is 3. The van der Waals surface area contributed by atoms with Crippen molar-refractivity contribution in [2.75, 3.05) is 32.7 Å². The van der Waals surface area contributed by atoms with Gasteiger partial charge in [-0.1, -0.05) is 43.4 Å². The monoisotopic (exact) mass is 563 g/mol. The van der Waals surface area contributed by atoms with E-state index in [0.717, 1.165) is 11.3 Å². The molecule has 0 spiro atoms. The Kier molecular flexibility index (Phi) is 8.58. The van der Waals surface area contributed by atoms with Crippen LogP contribution in [0.3, 0.4) is 0 Å². The summed E-state index contributed by atoms with van der Waals surface area (Å²) in [6.07, 6.45) is 1.82. The summed E-state index contributed by atoms with van der Waals surface area (Å²) in [5, 5.41) is 0. The molecule has 0 saturated carbocycles. The second-order valence-corrected chi connectivity index (χ2v) is 11.1. The molecule has 1 aromatic heterocycles. The van der Waals surface area contributed by atoms with Gasteiger partial charge in [0.2, 0.25) is 0 Å². The van der Waals surface area contributed by atoms with Gasteiger partial charge in [-0.2, -0.15) is 0 Å². The van der Waals surface area contributed by atoms with Gasteiger partial charge in [-0.25, -0.2) is 9.79 Å². The highest BCUT2D eigenvalue weighted by Crippen LogP contribution is 2.36. The minimum absolute atomic E-state index is 0.131. The molecule has 10 heteroatoms. The number of hydrogen-bond acceptors (Lipinski definition) is 9. The van der Waals surface area contributed by atoms with Gasteiger partial charge in [-0.3, -0.25) is 14.2 Å². The number of rotatable bonds is 8. The van der Waals surface area contributed by atoms with Gasteiger partial charge in [0.05, 0.1) is 35.6 Å². The van der Waals surface area contributed by atoms with Crippen LogP contribution in [0.5, 0.6) is 11.5 Å². The second-order valence-electron chi connectivity index (χ2n) is 10.1. The third kappa shape index (κ3) is 6.02. The van der Waals surface area contributed by atoms with E-state index in [1.807, 2.05) is 63.2 Å². The average molecular weight is 564 g/mol. The number of aromatic nitrogens is 1. The molecular weight excluding hydrogens is 530 g/mol. The van der Waals surface area contributed by atoms with Crippen LogP contribution in [0.4, 0.5) is 5.69 Å². The number of ether oxygens (including phenoxy) is 3. The quantitative estimate of drug-likeness (QED) is 0.306. The van der Waals surface area contributed by atoms with Gasteiger partial charge >= 0.3 is 11.9 Å². The molecule has 2 heterocycles. The van der Waals surface area contributed by atoms with E-state index in [1.54, 1.807) is 25.1 Å². The number of hydrogen-bond donors (Lipinski definition) is 0. The highest BCUT2D eigenvalue weighted by atomic mass is 32.1. The highest BCUT2D eigenvalue weighted by Gasteiger charge is 2.34. The maximum atomic E-state index is 13.9. The van der Waals surface area contributed by atoms with Crippen molar-refractivity contribution in [3.05, 3.63) is 84.5 Å². The SMILES string of the molecule is COc1cc(C2C(C(=O)OCC(C)C)=C(C)N=c3s/c(=C/c4ccc(N(C)C)cc4)c(=O)n32)ccc1OC(C)=O. The number of methoxy groups -OCH3 is 1. The van der Waals surface area contributed by atoms with Crippen LogP contribution in [0.1, 0.15) is 44.9 Å². The molecule has 0 radical (unpaired) electrons. The fourth-order valence-corrected chi connectivity index (χ4v) is 5.38.